The van der Waals surface area contributed by atoms with Crippen molar-refractivity contribution in [1.82, 2.24) is 14.1 Å². The van der Waals surface area contributed by atoms with E-state index >= 15 is 0 Å². The lowest BCUT2D eigenvalue weighted by molar-refractivity contribution is -0.136. The zero-order chi connectivity index (χ0) is 25.2. The van der Waals surface area contributed by atoms with E-state index in [0.717, 1.165) is 4.90 Å². The van der Waals surface area contributed by atoms with E-state index in [4.69, 9.17) is 0 Å². The quantitative estimate of drug-likeness (QED) is 0.519. The summed E-state index contributed by atoms with van der Waals surface area (Å²) in [6.07, 6.45) is 2.19. The molecule has 1 atom stereocenters. The van der Waals surface area contributed by atoms with Gasteiger partial charge in [0.15, 0.2) is 0 Å². The fraction of sp³-hybridized carbons (Fsp3) is 0.333. The minimum Gasteiger partial charge on any atom is -0.338 e. The van der Waals surface area contributed by atoms with Gasteiger partial charge < -0.3 is 4.90 Å². The van der Waals surface area contributed by atoms with Crippen molar-refractivity contribution in [3.8, 4) is 6.07 Å². The first-order chi connectivity index (χ1) is 16.8. The van der Waals surface area contributed by atoms with Gasteiger partial charge >= 0.3 is 0 Å². The first kappa shape index (κ1) is 24.9. The molecule has 35 heavy (non-hydrogen) atoms. The molecule has 2 heterocycles. The molecular formula is C24H24N4O5S2. The van der Waals surface area contributed by atoms with Crippen molar-refractivity contribution in [3.05, 3.63) is 65.2 Å². The van der Waals surface area contributed by atoms with E-state index in [2.05, 4.69) is 0 Å². The molecular weight excluding hydrogens is 488 g/mol. The van der Waals surface area contributed by atoms with E-state index in [1.165, 1.54) is 33.1 Å². The van der Waals surface area contributed by atoms with E-state index in [9.17, 15) is 28.1 Å². The van der Waals surface area contributed by atoms with Gasteiger partial charge in [-0.2, -0.15) is 21.3 Å². The highest BCUT2D eigenvalue weighted by Gasteiger charge is 2.44. The van der Waals surface area contributed by atoms with Crippen LogP contribution in [0.15, 0.2) is 53.4 Å². The standard InChI is InChI=1S/C24H24N4O5S2/c1-34-15-10-20(28-22(29)18-7-3-4-8-19(18)23(28)30)24(31)26-11-13-27(14-12-26)35(32,33)21-9-5-2-6-17(21)16-25/h2-9,20H,10-15H2,1H3. The predicted molar refractivity (Wildman–Crippen MR) is 130 cm³/mol. The highest BCUT2D eigenvalue weighted by Crippen LogP contribution is 2.28. The summed E-state index contributed by atoms with van der Waals surface area (Å²) in [6.45, 7) is 0.327. The number of nitriles is 1. The van der Waals surface area contributed by atoms with Crippen LogP contribution in [0.25, 0.3) is 0 Å². The van der Waals surface area contributed by atoms with Crippen molar-refractivity contribution >= 4 is 39.5 Å². The number of thioether (sulfide) groups is 1. The smallest absolute Gasteiger partial charge is 0.262 e. The van der Waals surface area contributed by atoms with Gasteiger partial charge in [-0.3, -0.25) is 19.3 Å². The van der Waals surface area contributed by atoms with Crippen molar-refractivity contribution in [3.63, 3.8) is 0 Å². The topological polar surface area (TPSA) is 119 Å². The van der Waals surface area contributed by atoms with E-state index in [0.29, 0.717) is 12.2 Å². The normalized spacial score (nSPS) is 17.3. The Kier molecular flexibility index (Phi) is 7.25. The first-order valence-electron chi connectivity index (χ1n) is 11.0. The summed E-state index contributed by atoms with van der Waals surface area (Å²) in [4.78, 5) is 42.0. The Balaban J connectivity index is 1.51. The van der Waals surface area contributed by atoms with Crippen LogP contribution >= 0.6 is 11.8 Å². The maximum atomic E-state index is 13.5. The van der Waals surface area contributed by atoms with Crippen LogP contribution in [0.2, 0.25) is 0 Å². The molecule has 0 bridgehead atoms. The molecule has 1 fully saturated rings. The van der Waals surface area contributed by atoms with Gasteiger partial charge in [0.25, 0.3) is 11.8 Å². The van der Waals surface area contributed by atoms with E-state index in [1.54, 1.807) is 36.4 Å². The number of rotatable bonds is 7. The van der Waals surface area contributed by atoms with Crippen molar-refractivity contribution in [2.24, 2.45) is 0 Å². The molecule has 2 aliphatic rings. The third-order valence-corrected chi connectivity index (χ3v) is 8.79. The van der Waals surface area contributed by atoms with Crippen LogP contribution in [0.4, 0.5) is 0 Å². The highest BCUT2D eigenvalue weighted by molar-refractivity contribution is 7.98. The third-order valence-electron chi connectivity index (χ3n) is 6.19. The monoisotopic (exact) mass is 512 g/mol. The fourth-order valence-electron chi connectivity index (χ4n) is 4.37. The lowest BCUT2D eigenvalue weighted by Gasteiger charge is -2.37. The van der Waals surface area contributed by atoms with Crippen LogP contribution < -0.4 is 0 Å². The molecule has 2 aliphatic heterocycles. The Morgan fingerprint density at radius 3 is 2.14 bits per heavy atom. The molecule has 0 N–H and O–H groups in total. The second kappa shape index (κ2) is 10.2. The number of hydrogen-bond donors (Lipinski definition) is 0. The van der Waals surface area contributed by atoms with Crippen LogP contribution in [0.1, 0.15) is 32.7 Å². The Bertz CT molecular complexity index is 1280. The summed E-state index contributed by atoms with van der Waals surface area (Å²) in [5.41, 5.74) is 0.631. The van der Waals surface area contributed by atoms with Crippen molar-refractivity contribution in [2.75, 3.05) is 38.2 Å². The first-order valence-corrected chi connectivity index (χ1v) is 13.9. The summed E-state index contributed by atoms with van der Waals surface area (Å²) >= 11 is 1.51. The number of hydrogen-bond acceptors (Lipinski definition) is 7. The second-order valence-corrected chi connectivity index (χ2v) is 11.1. The lowest BCUT2D eigenvalue weighted by Crippen LogP contribution is -2.56. The molecule has 1 unspecified atom stereocenters. The average molecular weight is 513 g/mol. The zero-order valence-corrected chi connectivity index (χ0v) is 20.7. The van der Waals surface area contributed by atoms with Crippen LogP contribution in [-0.2, 0) is 14.8 Å². The molecule has 0 radical (unpaired) electrons. The van der Waals surface area contributed by atoms with Crippen LogP contribution in [0.5, 0.6) is 0 Å². The van der Waals surface area contributed by atoms with E-state index in [1.807, 2.05) is 12.3 Å². The van der Waals surface area contributed by atoms with Gasteiger partial charge in [-0.1, -0.05) is 24.3 Å². The summed E-state index contributed by atoms with van der Waals surface area (Å²) in [6, 6.07) is 13.5. The molecule has 182 valence electrons. The highest BCUT2D eigenvalue weighted by atomic mass is 32.2. The molecule has 1 saturated heterocycles. The molecule has 4 rings (SSSR count). The minimum absolute atomic E-state index is 0.0468. The van der Waals surface area contributed by atoms with Crippen LogP contribution in [0.3, 0.4) is 0 Å². The van der Waals surface area contributed by atoms with Gasteiger partial charge in [0, 0.05) is 26.2 Å². The Hall–Kier alpha value is -3.20. The molecule has 9 nitrogen and oxygen atoms in total. The number of piperazine rings is 1. The maximum Gasteiger partial charge on any atom is 0.262 e. The van der Waals surface area contributed by atoms with E-state index < -0.39 is 27.9 Å². The van der Waals surface area contributed by atoms with Gasteiger partial charge in [-0.05, 0) is 42.7 Å². The molecule has 0 saturated carbocycles. The SMILES string of the molecule is CSCCC(C(=O)N1CCN(S(=O)(=O)c2ccccc2C#N)CC1)N1C(=O)c2ccccc2C1=O. The molecule has 0 aliphatic carbocycles. The summed E-state index contributed by atoms with van der Waals surface area (Å²) < 4.78 is 27.5. The summed E-state index contributed by atoms with van der Waals surface area (Å²) in [5, 5.41) is 9.29. The maximum absolute atomic E-state index is 13.5. The Morgan fingerprint density at radius 1 is 1.00 bits per heavy atom. The second-order valence-electron chi connectivity index (χ2n) is 8.16. The van der Waals surface area contributed by atoms with Crippen LogP contribution in [0, 0.1) is 11.3 Å². The molecule has 0 aromatic heterocycles. The number of sulfonamides is 1. The minimum atomic E-state index is -3.91. The van der Waals surface area contributed by atoms with Gasteiger partial charge in [-0.15, -0.1) is 0 Å². The number of amides is 3. The average Bonchev–Trinajstić information content (AvgIpc) is 3.14. The van der Waals surface area contributed by atoms with Gasteiger partial charge in [0.1, 0.15) is 12.1 Å². The van der Waals surface area contributed by atoms with E-state index in [-0.39, 0.29) is 53.7 Å². The lowest BCUT2D eigenvalue weighted by atomic mass is 10.1. The van der Waals surface area contributed by atoms with Gasteiger partial charge in [0.05, 0.1) is 21.6 Å². The molecule has 0 spiro atoms. The molecule has 2 aromatic rings. The van der Waals surface area contributed by atoms with Gasteiger partial charge in [0.2, 0.25) is 15.9 Å². The Labute approximate surface area is 208 Å². The number of benzene rings is 2. The third kappa shape index (κ3) is 4.57. The van der Waals surface area contributed by atoms with Gasteiger partial charge in [-0.25, -0.2) is 8.42 Å². The fourth-order valence-corrected chi connectivity index (χ4v) is 6.39. The number of fused-ring (bicyclic) bond motifs is 1. The molecule has 3 amide bonds. The number of carbonyl (C=O) groups excluding carboxylic acids is 3. The summed E-state index contributed by atoms with van der Waals surface area (Å²) in [5.74, 6) is -0.773. The van der Waals surface area contributed by atoms with Crippen LogP contribution in [-0.4, -0.2) is 84.5 Å². The predicted octanol–water partition coefficient (Wildman–Crippen LogP) is 1.81. The molecule has 2 aromatic carbocycles. The summed E-state index contributed by atoms with van der Waals surface area (Å²) in [7, 11) is -3.91. The number of carbonyl (C=O) groups is 3. The number of imide groups is 1. The largest absolute Gasteiger partial charge is 0.338 e. The molecule has 11 heteroatoms. The van der Waals surface area contributed by atoms with Crippen molar-refractivity contribution < 1.29 is 22.8 Å². The zero-order valence-electron chi connectivity index (χ0n) is 19.1. The Morgan fingerprint density at radius 2 is 1.57 bits per heavy atom. The number of nitrogens with zero attached hydrogens (tertiary/aromatic N) is 4. The van der Waals surface area contributed by atoms with Crippen molar-refractivity contribution in [1.29, 1.82) is 5.26 Å². The van der Waals surface area contributed by atoms with Crippen molar-refractivity contribution in [2.45, 2.75) is 17.4 Å².